The zero-order valence-corrected chi connectivity index (χ0v) is 9.07. The van der Waals surface area contributed by atoms with E-state index < -0.39 is 0 Å². The number of hydrogen-bond donors (Lipinski definition) is 1. The van der Waals surface area contributed by atoms with E-state index >= 15 is 0 Å². The van der Waals surface area contributed by atoms with Crippen molar-refractivity contribution < 1.29 is 4.74 Å². The first-order valence-corrected chi connectivity index (χ1v) is 5.05. The van der Waals surface area contributed by atoms with Gasteiger partial charge in [0.1, 0.15) is 0 Å². The molecule has 0 aromatic carbocycles. The van der Waals surface area contributed by atoms with E-state index in [-0.39, 0.29) is 0 Å². The molecule has 4 nitrogen and oxygen atoms in total. The average Bonchev–Trinajstić information content (AvgIpc) is 2.23. The van der Waals surface area contributed by atoms with Crippen LogP contribution in [0.4, 0.5) is 5.95 Å². The van der Waals surface area contributed by atoms with Crippen molar-refractivity contribution in [2.24, 2.45) is 0 Å². The molecule has 0 aliphatic rings. The van der Waals surface area contributed by atoms with Crippen LogP contribution < -0.4 is 5.32 Å². The molecule has 0 unspecified atom stereocenters. The van der Waals surface area contributed by atoms with Crippen molar-refractivity contribution in [3.05, 3.63) is 30.6 Å². The molecule has 15 heavy (non-hydrogen) atoms. The van der Waals surface area contributed by atoms with Gasteiger partial charge >= 0.3 is 0 Å². The minimum atomic E-state index is 0.655. The maximum absolute atomic E-state index is 5.34. The van der Waals surface area contributed by atoms with Crippen LogP contribution in [0.25, 0.3) is 0 Å². The van der Waals surface area contributed by atoms with E-state index in [1.54, 1.807) is 6.20 Å². The Morgan fingerprint density at radius 3 is 3.13 bits per heavy atom. The summed E-state index contributed by atoms with van der Waals surface area (Å²) < 4.78 is 5.34. The average molecular weight is 207 g/mol. The second-order valence-corrected chi connectivity index (χ2v) is 3.14. The summed E-state index contributed by atoms with van der Waals surface area (Å²) >= 11 is 0. The van der Waals surface area contributed by atoms with Crippen LogP contribution in [0.1, 0.15) is 12.1 Å². The molecule has 1 aromatic rings. The second kappa shape index (κ2) is 6.95. The van der Waals surface area contributed by atoms with Crippen LogP contribution in [0.2, 0.25) is 0 Å². The Labute approximate surface area is 90.4 Å². The van der Waals surface area contributed by atoms with Crippen molar-refractivity contribution in [2.45, 2.75) is 13.3 Å². The van der Waals surface area contributed by atoms with Gasteiger partial charge < -0.3 is 10.1 Å². The lowest BCUT2D eigenvalue weighted by Crippen LogP contribution is -2.12. The van der Waals surface area contributed by atoms with E-state index in [2.05, 4.69) is 21.9 Å². The van der Waals surface area contributed by atoms with Crippen molar-refractivity contribution >= 4 is 5.95 Å². The fraction of sp³-hybridized carbons (Fsp3) is 0.455. The minimum absolute atomic E-state index is 0.655. The van der Waals surface area contributed by atoms with Gasteiger partial charge in [0.05, 0.1) is 13.2 Å². The van der Waals surface area contributed by atoms with Gasteiger partial charge in [-0.25, -0.2) is 9.97 Å². The third kappa shape index (κ3) is 5.12. The summed E-state index contributed by atoms with van der Waals surface area (Å²) in [7, 11) is 0. The van der Waals surface area contributed by atoms with Gasteiger partial charge in [0.2, 0.25) is 5.95 Å². The molecule has 1 N–H and O–H groups in total. The number of hydrogen-bond acceptors (Lipinski definition) is 4. The maximum Gasteiger partial charge on any atom is 0.222 e. The van der Waals surface area contributed by atoms with Crippen LogP contribution in [0, 0.1) is 6.92 Å². The van der Waals surface area contributed by atoms with E-state index in [9.17, 15) is 0 Å². The fourth-order valence-electron chi connectivity index (χ4n) is 1.04. The van der Waals surface area contributed by atoms with Gasteiger partial charge in [0.25, 0.3) is 0 Å². The molecule has 0 spiro atoms. The Morgan fingerprint density at radius 1 is 1.53 bits per heavy atom. The van der Waals surface area contributed by atoms with Crippen LogP contribution >= 0.6 is 0 Å². The molecule has 0 radical (unpaired) electrons. The Hall–Kier alpha value is -1.42. The monoisotopic (exact) mass is 207 g/mol. The molecule has 0 saturated carbocycles. The van der Waals surface area contributed by atoms with Gasteiger partial charge in [0, 0.05) is 18.4 Å². The van der Waals surface area contributed by atoms with E-state index in [1.807, 2.05) is 19.1 Å². The standard InChI is InChI=1S/C11H17N3O/c1-3-4-8-15-9-7-13-11-12-6-5-10(2)14-11/h3,5-6H,1,4,7-9H2,2H3,(H,12,13,14). The third-order valence-electron chi connectivity index (χ3n) is 1.79. The van der Waals surface area contributed by atoms with Crippen molar-refractivity contribution in [1.82, 2.24) is 9.97 Å². The molecule has 0 aliphatic heterocycles. The van der Waals surface area contributed by atoms with Gasteiger partial charge in [-0.2, -0.15) is 0 Å². The first-order chi connectivity index (χ1) is 7.33. The maximum atomic E-state index is 5.34. The fourth-order valence-corrected chi connectivity index (χ4v) is 1.04. The van der Waals surface area contributed by atoms with Crippen molar-refractivity contribution in [1.29, 1.82) is 0 Å². The van der Waals surface area contributed by atoms with Gasteiger partial charge in [-0.15, -0.1) is 6.58 Å². The van der Waals surface area contributed by atoms with Crippen molar-refractivity contribution in [2.75, 3.05) is 25.1 Å². The number of anilines is 1. The summed E-state index contributed by atoms with van der Waals surface area (Å²) in [5.74, 6) is 0.655. The van der Waals surface area contributed by atoms with Gasteiger partial charge in [-0.3, -0.25) is 0 Å². The smallest absolute Gasteiger partial charge is 0.222 e. The number of nitrogens with zero attached hydrogens (tertiary/aromatic N) is 2. The SMILES string of the molecule is C=CCCOCCNc1nccc(C)n1. The molecule has 1 heterocycles. The summed E-state index contributed by atoms with van der Waals surface area (Å²) in [6.45, 7) is 7.66. The van der Waals surface area contributed by atoms with Gasteiger partial charge in [-0.05, 0) is 19.4 Å². The largest absolute Gasteiger partial charge is 0.379 e. The van der Waals surface area contributed by atoms with Crippen LogP contribution in [0.5, 0.6) is 0 Å². The Kier molecular flexibility index (Phi) is 5.40. The van der Waals surface area contributed by atoms with Crippen LogP contribution in [-0.2, 0) is 4.74 Å². The van der Waals surface area contributed by atoms with Gasteiger partial charge in [-0.1, -0.05) is 6.08 Å². The number of ether oxygens (including phenoxy) is 1. The van der Waals surface area contributed by atoms with Crippen LogP contribution in [0.3, 0.4) is 0 Å². The molecule has 0 fully saturated rings. The first-order valence-electron chi connectivity index (χ1n) is 5.05. The molecule has 1 rings (SSSR count). The summed E-state index contributed by atoms with van der Waals surface area (Å²) in [6.07, 6.45) is 4.47. The third-order valence-corrected chi connectivity index (χ3v) is 1.79. The highest BCUT2D eigenvalue weighted by Crippen LogP contribution is 1.97. The van der Waals surface area contributed by atoms with Crippen LogP contribution in [-0.4, -0.2) is 29.7 Å². The Morgan fingerprint density at radius 2 is 2.40 bits per heavy atom. The predicted molar refractivity (Wildman–Crippen MR) is 60.9 cm³/mol. The quantitative estimate of drug-likeness (QED) is 0.547. The molecule has 0 aliphatic carbocycles. The van der Waals surface area contributed by atoms with Crippen molar-refractivity contribution in [3.8, 4) is 0 Å². The number of aryl methyl sites for hydroxylation is 1. The number of aromatic nitrogens is 2. The lowest BCUT2D eigenvalue weighted by Gasteiger charge is -2.05. The molecular weight excluding hydrogens is 190 g/mol. The lowest BCUT2D eigenvalue weighted by atomic mass is 10.4. The summed E-state index contributed by atoms with van der Waals surface area (Å²) in [6, 6.07) is 1.87. The number of nitrogens with one attached hydrogen (secondary N) is 1. The zero-order valence-electron chi connectivity index (χ0n) is 9.07. The predicted octanol–water partition coefficient (Wildman–Crippen LogP) is 1.79. The molecule has 0 atom stereocenters. The van der Waals surface area contributed by atoms with E-state index in [4.69, 9.17) is 4.74 Å². The molecule has 1 aromatic heterocycles. The van der Waals surface area contributed by atoms with Crippen LogP contribution in [0.15, 0.2) is 24.9 Å². The normalized spacial score (nSPS) is 9.93. The Balaban J connectivity index is 2.12. The van der Waals surface area contributed by atoms with Crippen molar-refractivity contribution in [3.63, 3.8) is 0 Å². The van der Waals surface area contributed by atoms with Gasteiger partial charge in [0.15, 0.2) is 0 Å². The highest BCUT2D eigenvalue weighted by molar-refractivity contribution is 5.24. The van der Waals surface area contributed by atoms with E-state index in [0.717, 1.165) is 25.3 Å². The zero-order chi connectivity index (χ0) is 10.9. The Bertz CT molecular complexity index is 302. The highest BCUT2D eigenvalue weighted by Gasteiger charge is 1.94. The molecular formula is C11H17N3O. The molecule has 0 bridgehead atoms. The number of rotatable bonds is 7. The topological polar surface area (TPSA) is 47.0 Å². The first kappa shape index (κ1) is 11.7. The second-order valence-electron chi connectivity index (χ2n) is 3.14. The lowest BCUT2D eigenvalue weighted by molar-refractivity contribution is 0.149. The minimum Gasteiger partial charge on any atom is -0.379 e. The molecule has 82 valence electrons. The highest BCUT2D eigenvalue weighted by atomic mass is 16.5. The van der Waals surface area contributed by atoms with E-state index in [1.165, 1.54) is 0 Å². The molecule has 0 amide bonds. The van der Waals surface area contributed by atoms with E-state index in [0.29, 0.717) is 12.6 Å². The summed E-state index contributed by atoms with van der Waals surface area (Å²) in [5.41, 5.74) is 0.958. The summed E-state index contributed by atoms with van der Waals surface area (Å²) in [5, 5.41) is 3.09. The molecule has 0 saturated heterocycles. The summed E-state index contributed by atoms with van der Waals surface area (Å²) in [4.78, 5) is 8.29. The molecule has 4 heteroatoms.